The minimum Gasteiger partial charge on any atom is -0.457 e. The summed E-state index contributed by atoms with van der Waals surface area (Å²) >= 11 is 0. The number of benzene rings is 2. The number of hydrogen-bond acceptors (Lipinski definition) is 4. The van der Waals surface area contributed by atoms with Crippen LogP contribution >= 0.6 is 0 Å². The predicted octanol–water partition coefficient (Wildman–Crippen LogP) is 2.44. The molecule has 1 aliphatic rings. The largest absolute Gasteiger partial charge is 0.457 e. The van der Waals surface area contributed by atoms with Gasteiger partial charge in [-0.25, -0.2) is 0 Å². The molecule has 1 heterocycles. The summed E-state index contributed by atoms with van der Waals surface area (Å²) in [4.78, 5) is 14.4. The summed E-state index contributed by atoms with van der Waals surface area (Å²) in [6.45, 7) is 0.335. The highest BCUT2D eigenvalue weighted by molar-refractivity contribution is 5.97. The summed E-state index contributed by atoms with van der Waals surface area (Å²) in [7, 11) is 0. The number of rotatable bonds is 4. The third-order valence-electron chi connectivity index (χ3n) is 4.23. The van der Waals surface area contributed by atoms with E-state index in [0.29, 0.717) is 36.4 Å². The molecule has 0 aliphatic carbocycles. The quantitative estimate of drug-likeness (QED) is 0.905. The average Bonchev–Trinajstić information content (AvgIpc) is 2.62. The normalized spacial score (nSPS) is 20.7. The number of piperidine rings is 1. The van der Waals surface area contributed by atoms with Crippen molar-refractivity contribution in [2.45, 2.75) is 18.4 Å². The Kier molecular flexibility index (Phi) is 4.83. The van der Waals surface area contributed by atoms with Crippen LogP contribution in [-0.4, -0.2) is 46.3 Å². The van der Waals surface area contributed by atoms with E-state index in [1.165, 1.54) is 0 Å². The molecule has 24 heavy (non-hydrogen) atoms. The van der Waals surface area contributed by atoms with Crippen molar-refractivity contribution in [3.63, 3.8) is 0 Å². The Hall–Kier alpha value is -2.37. The molecule has 126 valence electrons. The lowest BCUT2D eigenvalue weighted by atomic mass is 9.93. The summed E-state index contributed by atoms with van der Waals surface area (Å²) in [6, 6.07) is 16.3. The summed E-state index contributed by atoms with van der Waals surface area (Å²) in [5.74, 6) is 0.933. The van der Waals surface area contributed by atoms with Gasteiger partial charge in [-0.15, -0.1) is 0 Å². The van der Waals surface area contributed by atoms with Crippen LogP contribution in [0.3, 0.4) is 0 Å². The first-order valence-corrected chi connectivity index (χ1v) is 8.06. The van der Waals surface area contributed by atoms with Crippen LogP contribution in [0.15, 0.2) is 54.6 Å². The average molecular weight is 327 g/mol. The minimum atomic E-state index is -1.22. The maximum atomic E-state index is 12.9. The molecule has 0 saturated carbocycles. The van der Waals surface area contributed by atoms with E-state index in [1.54, 1.807) is 23.1 Å². The van der Waals surface area contributed by atoms with Crippen molar-refractivity contribution in [2.75, 3.05) is 19.7 Å². The standard InChI is InChI=1S/C19H21NO4/c21-14-19(23)11-6-12-20(13-19)18(22)16-9-4-5-10-17(16)24-15-7-2-1-3-8-15/h1-5,7-10,21,23H,6,11-14H2/t19-/m0/s1. The van der Waals surface area contributed by atoms with Gasteiger partial charge in [-0.1, -0.05) is 30.3 Å². The number of β-amino-alcohol motifs (C(OH)–C–C–N with tert-alkyl or cyclic N) is 1. The van der Waals surface area contributed by atoms with E-state index >= 15 is 0 Å². The first-order chi connectivity index (χ1) is 11.6. The van der Waals surface area contributed by atoms with E-state index in [9.17, 15) is 15.0 Å². The summed E-state index contributed by atoms with van der Waals surface area (Å²) in [5, 5.41) is 19.6. The molecule has 2 aromatic carbocycles. The zero-order valence-corrected chi connectivity index (χ0v) is 13.4. The third-order valence-corrected chi connectivity index (χ3v) is 4.23. The Labute approximate surface area is 141 Å². The molecule has 0 aromatic heterocycles. The Morgan fingerprint density at radius 2 is 1.83 bits per heavy atom. The molecule has 1 fully saturated rings. The molecule has 1 saturated heterocycles. The number of aliphatic hydroxyl groups excluding tert-OH is 1. The summed E-state index contributed by atoms with van der Waals surface area (Å²) < 4.78 is 5.84. The van der Waals surface area contributed by atoms with Crippen molar-refractivity contribution in [1.82, 2.24) is 4.90 Å². The van der Waals surface area contributed by atoms with Gasteiger partial charge in [0.05, 0.1) is 18.7 Å². The number of ether oxygens (including phenoxy) is 1. The zero-order valence-electron chi connectivity index (χ0n) is 13.4. The molecule has 1 atom stereocenters. The second-order valence-corrected chi connectivity index (χ2v) is 6.12. The Bertz CT molecular complexity index is 704. The van der Waals surface area contributed by atoms with Crippen LogP contribution in [0.1, 0.15) is 23.2 Å². The number of carbonyl (C=O) groups excluding carboxylic acids is 1. The van der Waals surface area contributed by atoms with E-state index in [1.807, 2.05) is 36.4 Å². The van der Waals surface area contributed by atoms with E-state index in [2.05, 4.69) is 0 Å². The van der Waals surface area contributed by atoms with Gasteiger partial charge in [0.2, 0.25) is 0 Å². The number of carbonyl (C=O) groups is 1. The molecule has 5 heteroatoms. The lowest BCUT2D eigenvalue weighted by Gasteiger charge is -2.38. The maximum absolute atomic E-state index is 12.9. The van der Waals surface area contributed by atoms with Crippen LogP contribution in [0.4, 0.5) is 0 Å². The smallest absolute Gasteiger partial charge is 0.257 e. The van der Waals surface area contributed by atoms with Gasteiger partial charge in [0.15, 0.2) is 0 Å². The Morgan fingerprint density at radius 1 is 1.12 bits per heavy atom. The summed E-state index contributed by atoms with van der Waals surface area (Å²) in [5.41, 5.74) is -0.771. The van der Waals surface area contributed by atoms with E-state index in [4.69, 9.17) is 4.74 Å². The molecule has 0 bridgehead atoms. The molecule has 1 aliphatic heterocycles. The number of nitrogens with zero attached hydrogens (tertiary/aromatic N) is 1. The predicted molar refractivity (Wildman–Crippen MR) is 90.1 cm³/mol. The summed E-state index contributed by atoms with van der Waals surface area (Å²) in [6.07, 6.45) is 1.15. The fraction of sp³-hybridized carbons (Fsp3) is 0.316. The molecular weight excluding hydrogens is 306 g/mol. The Morgan fingerprint density at radius 3 is 2.58 bits per heavy atom. The highest BCUT2D eigenvalue weighted by atomic mass is 16.5. The Balaban J connectivity index is 1.83. The van der Waals surface area contributed by atoms with Gasteiger partial charge in [0.1, 0.15) is 17.1 Å². The number of aliphatic hydroxyl groups is 2. The molecule has 0 radical (unpaired) electrons. The maximum Gasteiger partial charge on any atom is 0.257 e. The van der Waals surface area contributed by atoms with Gasteiger partial charge >= 0.3 is 0 Å². The van der Waals surface area contributed by atoms with E-state index in [0.717, 1.165) is 0 Å². The number of likely N-dealkylation sites (tertiary alicyclic amines) is 1. The number of hydrogen-bond donors (Lipinski definition) is 2. The second-order valence-electron chi connectivity index (χ2n) is 6.12. The number of amides is 1. The highest BCUT2D eigenvalue weighted by Crippen LogP contribution is 2.28. The fourth-order valence-electron chi connectivity index (χ4n) is 2.93. The lowest BCUT2D eigenvalue weighted by Crippen LogP contribution is -2.52. The lowest BCUT2D eigenvalue weighted by molar-refractivity contribution is -0.0598. The third kappa shape index (κ3) is 3.58. The van der Waals surface area contributed by atoms with Crippen LogP contribution in [0, 0.1) is 0 Å². The fourth-order valence-corrected chi connectivity index (χ4v) is 2.93. The monoisotopic (exact) mass is 327 g/mol. The SMILES string of the molecule is O=C(c1ccccc1Oc1ccccc1)N1CCC[C@@](O)(CO)C1. The molecule has 2 aromatic rings. The molecule has 3 rings (SSSR count). The molecule has 0 unspecified atom stereocenters. The van der Waals surface area contributed by atoms with Crippen molar-refractivity contribution < 1.29 is 19.7 Å². The van der Waals surface area contributed by atoms with E-state index in [-0.39, 0.29) is 19.1 Å². The van der Waals surface area contributed by atoms with Crippen LogP contribution in [0.2, 0.25) is 0 Å². The van der Waals surface area contributed by atoms with Gasteiger partial charge in [-0.3, -0.25) is 4.79 Å². The zero-order chi connectivity index (χ0) is 17.0. The van der Waals surface area contributed by atoms with Crippen LogP contribution in [-0.2, 0) is 0 Å². The molecule has 5 nitrogen and oxygen atoms in total. The minimum absolute atomic E-state index is 0.127. The van der Waals surface area contributed by atoms with Crippen LogP contribution in [0.25, 0.3) is 0 Å². The van der Waals surface area contributed by atoms with Gasteiger partial charge < -0.3 is 19.8 Å². The topological polar surface area (TPSA) is 70.0 Å². The highest BCUT2D eigenvalue weighted by Gasteiger charge is 2.35. The van der Waals surface area contributed by atoms with E-state index < -0.39 is 5.60 Å². The first kappa shape index (κ1) is 16.5. The van der Waals surface area contributed by atoms with Crippen molar-refractivity contribution in [2.24, 2.45) is 0 Å². The molecule has 1 amide bonds. The van der Waals surface area contributed by atoms with Crippen LogP contribution in [0.5, 0.6) is 11.5 Å². The van der Waals surface area contributed by atoms with Gasteiger partial charge in [0, 0.05) is 6.54 Å². The van der Waals surface area contributed by atoms with Gasteiger partial charge in [-0.2, -0.15) is 0 Å². The van der Waals surface area contributed by atoms with Crippen molar-refractivity contribution >= 4 is 5.91 Å². The van der Waals surface area contributed by atoms with Crippen LogP contribution < -0.4 is 4.74 Å². The van der Waals surface area contributed by atoms with Crippen molar-refractivity contribution in [1.29, 1.82) is 0 Å². The number of para-hydroxylation sites is 2. The van der Waals surface area contributed by atoms with Gasteiger partial charge in [0.25, 0.3) is 5.91 Å². The first-order valence-electron chi connectivity index (χ1n) is 8.06. The molecule has 2 N–H and O–H groups in total. The molecule has 0 spiro atoms. The van der Waals surface area contributed by atoms with Crippen molar-refractivity contribution in [3.05, 3.63) is 60.2 Å². The van der Waals surface area contributed by atoms with Gasteiger partial charge in [-0.05, 0) is 37.1 Å². The second kappa shape index (κ2) is 7.03. The van der Waals surface area contributed by atoms with Crippen molar-refractivity contribution in [3.8, 4) is 11.5 Å². The molecular formula is C19H21NO4.